The van der Waals surface area contributed by atoms with Gasteiger partial charge in [0.05, 0.1) is 23.8 Å². The van der Waals surface area contributed by atoms with E-state index in [9.17, 15) is 9.90 Å². The first-order chi connectivity index (χ1) is 9.72. The molecule has 5 heteroatoms. The maximum Gasteiger partial charge on any atom is 0.255 e. The fraction of sp³-hybridized carbons (Fsp3) is 0.467. The highest BCUT2D eigenvalue weighted by Crippen LogP contribution is 2.15. The number of pyridine rings is 1. The zero-order chi connectivity index (χ0) is 14.4. The van der Waals surface area contributed by atoms with Crippen LogP contribution in [0.2, 0.25) is 0 Å². The third kappa shape index (κ3) is 3.56. The van der Waals surface area contributed by atoms with E-state index in [1.165, 1.54) is 0 Å². The topological polar surface area (TPSA) is 73.7 Å². The number of aliphatic hydroxyl groups is 2. The summed E-state index contributed by atoms with van der Waals surface area (Å²) in [5.74, 6) is 5.54. The maximum atomic E-state index is 12.5. The smallest absolute Gasteiger partial charge is 0.255 e. The van der Waals surface area contributed by atoms with Crippen molar-refractivity contribution in [3.05, 3.63) is 29.6 Å². The second kappa shape index (κ2) is 7.04. The summed E-state index contributed by atoms with van der Waals surface area (Å²) in [5, 5.41) is 18.4. The molecule has 0 saturated carbocycles. The third-order valence-electron chi connectivity index (χ3n) is 3.20. The van der Waals surface area contributed by atoms with Crippen LogP contribution in [-0.4, -0.2) is 51.8 Å². The van der Waals surface area contributed by atoms with Gasteiger partial charge in [-0.1, -0.05) is 11.8 Å². The lowest BCUT2D eigenvalue weighted by atomic mass is 10.0. The summed E-state index contributed by atoms with van der Waals surface area (Å²) in [6, 6.07) is 1.65. The molecular formula is C15H18N2O3. The molecule has 1 amide bonds. The molecule has 20 heavy (non-hydrogen) atoms. The number of hydrogen-bond donors (Lipinski definition) is 2. The molecule has 0 bridgehead atoms. The number of carbonyl (C=O) groups excluding carboxylic acids is 1. The molecule has 1 aliphatic heterocycles. The molecule has 1 aromatic rings. The van der Waals surface area contributed by atoms with E-state index in [4.69, 9.17) is 5.11 Å². The first-order valence-electron chi connectivity index (χ1n) is 6.73. The van der Waals surface area contributed by atoms with Gasteiger partial charge in [-0.05, 0) is 18.9 Å². The Bertz CT molecular complexity index is 533. The number of aromatic nitrogens is 1. The van der Waals surface area contributed by atoms with Gasteiger partial charge in [0, 0.05) is 31.9 Å². The molecule has 2 rings (SSSR count). The SMILES string of the molecule is O=C(c1ccncc1C#CCCO)N1CCCC(O)C1. The quantitative estimate of drug-likeness (QED) is 0.766. The average Bonchev–Trinajstić information content (AvgIpc) is 2.47. The van der Waals surface area contributed by atoms with Crippen LogP contribution in [0.15, 0.2) is 18.5 Å². The van der Waals surface area contributed by atoms with Crippen molar-refractivity contribution >= 4 is 5.91 Å². The Kier molecular flexibility index (Phi) is 5.10. The van der Waals surface area contributed by atoms with Crippen LogP contribution >= 0.6 is 0 Å². The molecule has 1 fully saturated rings. The van der Waals surface area contributed by atoms with Crippen LogP contribution < -0.4 is 0 Å². The summed E-state index contributed by atoms with van der Waals surface area (Å²) >= 11 is 0. The van der Waals surface area contributed by atoms with Crippen molar-refractivity contribution in [3.63, 3.8) is 0 Å². The number of amides is 1. The average molecular weight is 274 g/mol. The molecule has 1 aromatic heterocycles. The lowest BCUT2D eigenvalue weighted by Gasteiger charge is -2.30. The number of rotatable bonds is 2. The zero-order valence-corrected chi connectivity index (χ0v) is 11.2. The Morgan fingerprint density at radius 3 is 3.15 bits per heavy atom. The second-order valence-corrected chi connectivity index (χ2v) is 4.74. The molecule has 2 N–H and O–H groups in total. The summed E-state index contributed by atoms with van der Waals surface area (Å²) in [7, 11) is 0. The largest absolute Gasteiger partial charge is 0.395 e. The van der Waals surface area contributed by atoms with Crippen LogP contribution in [0.1, 0.15) is 35.2 Å². The normalized spacial score (nSPS) is 18.3. The number of carbonyl (C=O) groups is 1. The summed E-state index contributed by atoms with van der Waals surface area (Å²) in [5.41, 5.74) is 1.06. The molecule has 0 aromatic carbocycles. The molecule has 0 spiro atoms. The molecule has 1 unspecified atom stereocenters. The maximum absolute atomic E-state index is 12.5. The molecule has 2 heterocycles. The Morgan fingerprint density at radius 1 is 1.55 bits per heavy atom. The molecule has 5 nitrogen and oxygen atoms in total. The summed E-state index contributed by atoms with van der Waals surface area (Å²) in [6.45, 7) is 1.02. The Labute approximate surface area is 118 Å². The van der Waals surface area contributed by atoms with E-state index in [0.717, 1.165) is 12.8 Å². The minimum Gasteiger partial charge on any atom is -0.395 e. The monoisotopic (exact) mass is 274 g/mol. The molecular weight excluding hydrogens is 256 g/mol. The van der Waals surface area contributed by atoms with Crippen LogP contribution in [-0.2, 0) is 0 Å². The van der Waals surface area contributed by atoms with E-state index in [2.05, 4.69) is 16.8 Å². The number of likely N-dealkylation sites (tertiary alicyclic amines) is 1. The van der Waals surface area contributed by atoms with Gasteiger partial charge in [0.1, 0.15) is 0 Å². The van der Waals surface area contributed by atoms with E-state index in [1.807, 2.05) is 0 Å². The van der Waals surface area contributed by atoms with E-state index in [-0.39, 0.29) is 12.5 Å². The highest BCUT2D eigenvalue weighted by atomic mass is 16.3. The number of hydrogen-bond acceptors (Lipinski definition) is 4. The number of aliphatic hydroxyl groups excluding tert-OH is 2. The van der Waals surface area contributed by atoms with Crippen molar-refractivity contribution in [2.75, 3.05) is 19.7 Å². The van der Waals surface area contributed by atoms with Crippen molar-refractivity contribution in [2.45, 2.75) is 25.4 Å². The van der Waals surface area contributed by atoms with Gasteiger partial charge in [-0.25, -0.2) is 0 Å². The minimum atomic E-state index is -0.446. The minimum absolute atomic E-state index is 0.00510. The number of β-amino-alcohol motifs (C(OH)–C–C–N with tert-alkyl or cyclic N) is 1. The molecule has 1 saturated heterocycles. The summed E-state index contributed by atoms with van der Waals surface area (Å²) in [4.78, 5) is 18.1. The van der Waals surface area contributed by atoms with E-state index < -0.39 is 6.10 Å². The first-order valence-corrected chi connectivity index (χ1v) is 6.73. The van der Waals surface area contributed by atoms with Crippen molar-refractivity contribution in [2.24, 2.45) is 0 Å². The fourth-order valence-electron chi connectivity index (χ4n) is 2.20. The van der Waals surface area contributed by atoms with Gasteiger partial charge >= 0.3 is 0 Å². The predicted molar refractivity (Wildman–Crippen MR) is 74.0 cm³/mol. The highest BCUT2D eigenvalue weighted by molar-refractivity contribution is 5.96. The third-order valence-corrected chi connectivity index (χ3v) is 3.20. The molecule has 1 aliphatic rings. The van der Waals surface area contributed by atoms with Crippen molar-refractivity contribution in [3.8, 4) is 11.8 Å². The predicted octanol–water partition coefficient (Wildman–Crippen LogP) is 0.412. The molecule has 0 aliphatic carbocycles. The summed E-state index contributed by atoms with van der Waals surface area (Å²) < 4.78 is 0. The van der Waals surface area contributed by atoms with E-state index in [1.54, 1.807) is 23.4 Å². The lowest BCUT2D eigenvalue weighted by molar-refractivity contribution is 0.0473. The Balaban J connectivity index is 2.19. The van der Waals surface area contributed by atoms with Gasteiger partial charge in [-0.3, -0.25) is 9.78 Å². The van der Waals surface area contributed by atoms with Gasteiger partial charge < -0.3 is 15.1 Å². The second-order valence-electron chi connectivity index (χ2n) is 4.74. The van der Waals surface area contributed by atoms with Crippen molar-refractivity contribution in [1.29, 1.82) is 0 Å². The first kappa shape index (κ1) is 14.5. The van der Waals surface area contributed by atoms with Gasteiger partial charge in [-0.15, -0.1) is 0 Å². The molecule has 106 valence electrons. The van der Waals surface area contributed by atoms with E-state index in [0.29, 0.717) is 30.6 Å². The number of piperidine rings is 1. The Hall–Kier alpha value is -1.90. The van der Waals surface area contributed by atoms with E-state index >= 15 is 0 Å². The standard InChI is InChI=1S/C15H18N2O3/c18-9-2-1-4-12-10-16-7-6-14(12)15(20)17-8-3-5-13(19)11-17/h6-7,10,13,18-19H,2-3,5,8-9,11H2. The van der Waals surface area contributed by atoms with Crippen LogP contribution in [0.25, 0.3) is 0 Å². The van der Waals surface area contributed by atoms with Gasteiger partial charge in [0.2, 0.25) is 0 Å². The van der Waals surface area contributed by atoms with Crippen LogP contribution in [0.4, 0.5) is 0 Å². The van der Waals surface area contributed by atoms with Gasteiger partial charge in [0.15, 0.2) is 0 Å². The van der Waals surface area contributed by atoms with Crippen LogP contribution in [0.5, 0.6) is 0 Å². The van der Waals surface area contributed by atoms with Crippen LogP contribution in [0, 0.1) is 11.8 Å². The molecule has 0 radical (unpaired) electrons. The Morgan fingerprint density at radius 2 is 2.40 bits per heavy atom. The van der Waals surface area contributed by atoms with Crippen molar-refractivity contribution in [1.82, 2.24) is 9.88 Å². The van der Waals surface area contributed by atoms with Gasteiger partial charge in [-0.2, -0.15) is 0 Å². The number of nitrogens with zero attached hydrogens (tertiary/aromatic N) is 2. The lowest BCUT2D eigenvalue weighted by Crippen LogP contribution is -2.42. The zero-order valence-electron chi connectivity index (χ0n) is 11.2. The van der Waals surface area contributed by atoms with Crippen LogP contribution in [0.3, 0.4) is 0 Å². The fourth-order valence-corrected chi connectivity index (χ4v) is 2.20. The summed E-state index contributed by atoms with van der Waals surface area (Å²) in [6.07, 6.45) is 4.58. The van der Waals surface area contributed by atoms with Gasteiger partial charge in [0.25, 0.3) is 5.91 Å². The molecule has 1 atom stereocenters. The highest BCUT2D eigenvalue weighted by Gasteiger charge is 2.24. The van der Waals surface area contributed by atoms with Crippen molar-refractivity contribution < 1.29 is 15.0 Å².